The normalized spacial score (nSPS) is 10.3. The van der Waals surface area contributed by atoms with E-state index in [0.29, 0.717) is 28.9 Å². The zero-order chi connectivity index (χ0) is 16.9. The SMILES string of the molecule is C=Cc1c(O)cccc1OCc1cccnc1-c1coc(C=O)c1. The average molecular weight is 321 g/mol. The number of pyridine rings is 1. The summed E-state index contributed by atoms with van der Waals surface area (Å²) in [5.41, 5.74) is 2.74. The lowest BCUT2D eigenvalue weighted by Gasteiger charge is -2.12. The Morgan fingerprint density at radius 1 is 1.29 bits per heavy atom. The molecule has 0 saturated carbocycles. The number of ether oxygens (including phenoxy) is 1. The minimum absolute atomic E-state index is 0.111. The molecule has 0 spiro atoms. The number of benzene rings is 1. The van der Waals surface area contributed by atoms with Gasteiger partial charge < -0.3 is 14.3 Å². The second-order valence-electron chi connectivity index (χ2n) is 5.05. The molecule has 5 heteroatoms. The molecule has 0 unspecified atom stereocenters. The van der Waals surface area contributed by atoms with Gasteiger partial charge in [0.05, 0.1) is 11.3 Å². The number of aldehydes is 1. The smallest absolute Gasteiger partial charge is 0.185 e. The fraction of sp³-hybridized carbons (Fsp3) is 0.0526. The Balaban J connectivity index is 1.88. The maximum Gasteiger partial charge on any atom is 0.185 e. The molecule has 0 aliphatic rings. The first-order valence-electron chi connectivity index (χ1n) is 7.28. The Bertz CT molecular complexity index is 883. The van der Waals surface area contributed by atoms with Gasteiger partial charge in [0.2, 0.25) is 0 Å². The molecule has 0 radical (unpaired) electrons. The number of phenolic OH excluding ortho intramolecular Hbond substituents is 1. The van der Waals surface area contributed by atoms with Gasteiger partial charge in [-0.25, -0.2) is 0 Å². The molecule has 3 aromatic rings. The predicted molar refractivity (Wildman–Crippen MR) is 89.9 cm³/mol. The van der Waals surface area contributed by atoms with E-state index in [1.807, 2.05) is 6.07 Å². The van der Waals surface area contributed by atoms with Crippen molar-refractivity contribution in [2.75, 3.05) is 0 Å². The minimum atomic E-state index is 0.111. The van der Waals surface area contributed by atoms with Crippen LogP contribution in [0.25, 0.3) is 17.3 Å². The van der Waals surface area contributed by atoms with Crippen molar-refractivity contribution in [3.63, 3.8) is 0 Å². The highest BCUT2D eigenvalue weighted by atomic mass is 16.5. The summed E-state index contributed by atoms with van der Waals surface area (Å²) in [6.07, 6.45) is 5.34. The first-order chi connectivity index (χ1) is 11.7. The first-order valence-corrected chi connectivity index (χ1v) is 7.28. The van der Waals surface area contributed by atoms with Gasteiger partial charge in [0, 0.05) is 17.3 Å². The van der Waals surface area contributed by atoms with Crippen LogP contribution < -0.4 is 4.74 Å². The van der Waals surface area contributed by atoms with Crippen molar-refractivity contribution in [2.45, 2.75) is 6.61 Å². The number of phenols is 1. The van der Waals surface area contributed by atoms with Gasteiger partial charge in [-0.05, 0) is 24.3 Å². The van der Waals surface area contributed by atoms with Crippen molar-refractivity contribution >= 4 is 12.4 Å². The van der Waals surface area contributed by atoms with Crippen LogP contribution in [-0.2, 0) is 6.61 Å². The van der Waals surface area contributed by atoms with Crippen molar-refractivity contribution in [1.29, 1.82) is 0 Å². The number of furan rings is 1. The number of aromatic hydroxyl groups is 1. The third-order valence-corrected chi connectivity index (χ3v) is 3.53. The maximum absolute atomic E-state index is 10.8. The Morgan fingerprint density at radius 3 is 2.92 bits per heavy atom. The third-order valence-electron chi connectivity index (χ3n) is 3.53. The summed E-state index contributed by atoms with van der Waals surface area (Å²) < 4.78 is 11.0. The largest absolute Gasteiger partial charge is 0.507 e. The van der Waals surface area contributed by atoms with Gasteiger partial charge >= 0.3 is 0 Å². The molecule has 3 rings (SSSR count). The molecule has 2 aromatic heterocycles. The van der Waals surface area contributed by atoms with Crippen molar-refractivity contribution in [1.82, 2.24) is 4.98 Å². The van der Waals surface area contributed by atoms with Gasteiger partial charge in [0.15, 0.2) is 12.0 Å². The number of hydrogen-bond acceptors (Lipinski definition) is 5. The molecule has 0 fully saturated rings. The quantitative estimate of drug-likeness (QED) is 0.693. The number of carbonyl (C=O) groups is 1. The Morgan fingerprint density at radius 2 is 2.17 bits per heavy atom. The molecule has 0 aliphatic carbocycles. The van der Waals surface area contributed by atoms with Crippen LogP contribution in [0, 0.1) is 0 Å². The van der Waals surface area contributed by atoms with Crippen molar-refractivity contribution in [2.24, 2.45) is 0 Å². The Kier molecular flexibility index (Phi) is 4.43. The molecular formula is C19H15NO4. The van der Waals surface area contributed by atoms with E-state index in [1.54, 1.807) is 42.6 Å². The van der Waals surface area contributed by atoms with Crippen LogP contribution in [0.5, 0.6) is 11.5 Å². The van der Waals surface area contributed by atoms with Crippen molar-refractivity contribution < 1.29 is 19.1 Å². The number of aromatic nitrogens is 1. The number of nitrogens with zero attached hydrogens (tertiary/aromatic N) is 1. The molecule has 120 valence electrons. The topological polar surface area (TPSA) is 72.6 Å². The van der Waals surface area contributed by atoms with Crippen LogP contribution in [0.15, 0.2) is 59.9 Å². The molecule has 2 heterocycles. The van der Waals surface area contributed by atoms with Gasteiger partial charge in [-0.2, -0.15) is 0 Å². The summed E-state index contributed by atoms with van der Waals surface area (Å²) in [6.45, 7) is 3.93. The molecule has 1 aromatic carbocycles. The summed E-state index contributed by atoms with van der Waals surface area (Å²) in [5, 5.41) is 9.84. The van der Waals surface area contributed by atoms with Crippen LogP contribution in [0.4, 0.5) is 0 Å². The molecular weight excluding hydrogens is 306 g/mol. The van der Waals surface area contributed by atoms with Crippen molar-refractivity contribution in [3.05, 3.63) is 72.3 Å². The third kappa shape index (κ3) is 3.05. The van der Waals surface area contributed by atoms with Crippen LogP contribution >= 0.6 is 0 Å². The Labute approximate surface area is 138 Å². The van der Waals surface area contributed by atoms with Gasteiger partial charge in [0.25, 0.3) is 0 Å². The average Bonchev–Trinajstić information content (AvgIpc) is 3.09. The van der Waals surface area contributed by atoms with Crippen LogP contribution in [0.2, 0.25) is 0 Å². The molecule has 0 bridgehead atoms. The van der Waals surface area contributed by atoms with E-state index in [9.17, 15) is 9.90 Å². The van der Waals surface area contributed by atoms with E-state index in [1.165, 1.54) is 6.26 Å². The molecule has 1 N–H and O–H groups in total. The number of hydrogen-bond donors (Lipinski definition) is 1. The van der Waals surface area contributed by atoms with E-state index in [0.717, 1.165) is 5.56 Å². The highest BCUT2D eigenvalue weighted by molar-refractivity contribution is 5.75. The highest BCUT2D eigenvalue weighted by Gasteiger charge is 2.12. The monoisotopic (exact) mass is 321 g/mol. The molecule has 5 nitrogen and oxygen atoms in total. The second-order valence-corrected chi connectivity index (χ2v) is 5.05. The maximum atomic E-state index is 10.8. The molecule has 0 atom stereocenters. The van der Waals surface area contributed by atoms with E-state index < -0.39 is 0 Å². The molecule has 0 aliphatic heterocycles. The van der Waals surface area contributed by atoms with Crippen LogP contribution in [0.3, 0.4) is 0 Å². The number of rotatable bonds is 6. The summed E-state index contributed by atoms with van der Waals surface area (Å²) in [4.78, 5) is 15.1. The lowest BCUT2D eigenvalue weighted by Crippen LogP contribution is -2.00. The van der Waals surface area contributed by atoms with Crippen molar-refractivity contribution in [3.8, 4) is 22.8 Å². The summed E-state index contributed by atoms with van der Waals surface area (Å²) in [7, 11) is 0. The first kappa shape index (κ1) is 15.6. The van der Waals surface area contributed by atoms with E-state index >= 15 is 0 Å². The standard InChI is InChI=1S/C19H15NO4/c1-2-16-17(22)6-3-7-18(16)24-11-13-5-4-8-20-19(13)14-9-15(10-21)23-12-14/h2-10,12,22H,1,11H2. The van der Waals surface area contributed by atoms with E-state index in [4.69, 9.17) is 9.15 Å². The van der Waals surface area contributed by atoms with E-state index in [2.05, 4.69) is 11.6 Å². The lowest BCUT2D eigenvalue weighted by atomic mass is 10.1. The molecule has 24 heavy (non-hydrogen) atoms. The summed E-state index contributed by atoms with van der Waals surface area (Å²) in [5.74, 6) is 0.879. The molecule has 0 amide bonds. The fourth-order valence-corrected chi connectivity index (χ4v) is 2.37. The summed E-state index contributed by atoms with van der Waals surface area (Å²) in [6, 6.07) is 10.4. The minimum Gasteiger partial charge on any atom is -0.507 e. The number of carbonyl (C=O) groups excluding carboxylic acids is 1. The summed E-state index contributed by atoms with van der Waals surface area (Å²) >= 11 is 0. The fourth-order valence-electron chi connectivity index (χ4n) is 2.37. The Hall–Kier alpha value is -3.34. The van der Waals surface area contributed by atoms with Crippen LogP contribution in [-0.4, -0.2) is 16.4 Å². The van der Waals surface area contributed by atoms with Gasteiger partial charge in [-0.3, -0.25) is 9.78 Å². The van der Waals surface area contributed by atoms with Gasteiger partial charge in [0.1, 0.15) is 24.4 Å². The van der Waals surface area contributed by atoms with E-state index in [-0.39, 0.29) is 18.1 Å². The second kappa shape index (κ2) is 6.83. The zero-order valence-corrected chi connectivity index (χ0v) is 12.8. The highest BCUT2D eigenvalue weighted by Crippen LogP contribution is 2.30. The zero-order valence-electron chi connectivity index (χ0n) is 12.8. The van der Waals surface area contributed by atoms with Gasteiger partial charge in [-0.1, -0.05) is 24.8 Å². The molecule has 0 saturated heterocycles. The lowest BCUT2D eigenvalue weighted by molar-refractivity contribution is 0.110. The predicted octanol–water partition coefficient (Wildman–Crippen LogP) is 4.08. The van der Waals surface area contributed by atoms with Crippen LogP contribution in [0.1, 0.15) is 21.7 Å². The van der Waals surface area contributed by atoms with Gasteiger partial charge in [-0.15, -0.1) is 0 Å².